The van der Waals surface area contributed by atoms with Gasteiger partial charge in [-0.15, -0.1) is 0 Å². The molecule has 6 nitrogen and oxygen atoms in total. The number of methoxy groups -OCH3 is 1. The zero-order valence-corrected chi connectivity index (χ0v) is 18.3. The van der Waals surface area contributed by atoms with Crippen molar-refractivity contribution in [1.29, 1.82) is 0 Å². The van der Waals surface area contributed by atoms with Crippen molar-refractivity contribution in [3.8, 4) is 11.5 Å². The maximum absolute atomic E-state index is 12.9. The van der Waals surface area contributed by atoms with Crippen LogP contribution in [0.15, 0.2) is 42.5 Å². The summed E-state index contributed by atoms with van der Waals surface area (Å²) in [6.45, 7) is 5.50. The first kappa shape index (κ1) is 22.0. The Labute approximate surface area is 182 Å². The van der Waals surface area contributed by atoms with Gasteiger partial charge >= 0.3 is 0 Å². The van der Waals surface area contributed by atoms with Crippen molar-refractivity contribution >= 4 is 23.4 Å². The van der Waals surface area contributed by atoms with Crippen molar-refractivity contribution < 1.29 is 19.1 Å². The fraction of sp³-hybridized carbons (Fsp3) is 0.391. The summed E-state index contributed by atoms with van der Waals surface area (Å²) >= 11 is 5.98. The molecular weight excluding hydrogens is 404 g/mol. The van der Waals surface area contributed by atoms with Gasteiger partial charge in [0.25, 0.3) is 5.91 Å². The lowest BCUT2D eigenvalue weighted by molar-refractivity contribution is -0.137. The van der Waals surface area contributed by atoms with Crippen molar-refractivity contribution in [2.75, 3.05) is 26.7 Å². The van der Waals surface area contributed by atoms with Gasteiger partial charge in [-0.3, -0.25) is 9.59 Å². The molecule has 0 aliphatic carbocycles. The maximum atomic E-state index is 12.9. The number of nitrogens with zero attached hydrogens (tertiary/aromatic N) is 2. The lowest BCUT2D eigenvalue weighted by Crippen LogP contribution is -2.42. The van der Waals surface area contributed by atoms with Gasteiger partial charge in [0.2, 0.25) is 5.91 Å². The van der Waals surface area contributed by atoms with E-state index in [4.69, 9.17) is 21.1 Å². The molecule has 1 atom stereocenters. The first-order valence-corrected chi connectivity index (χ1v) is 10.4. The number of carbonyl (C=O) groups is 2. The van der Waals surface area contributed by atoms with Gasteiger partial charge in [-0.05, 0) is 55.3 Å². The highest BCUT2D eigenvalue weighted by Gasteiger charge is 2.27. The second-order valence-corrected chi connectivity index (χ2v) is 7.84. The molecule has 1 unspecified atom stereocenters. The number of benzene rings is 2. The normalized spacial score (nSPS) is 15.5. The number of ether oxygens (including phenoxy) is 2. The zero-order chi connectivity index (χ0) is 21.7. The van der Waals surface area contributed by atoms with Crippen LogP contribution in [0.4, 0.5) is 0 Å². The van der Waals surface area contributed by atoms with E-state index in [0.29, 0.717) is 43.4 Å². The van der Waals surface area contributed by atoms with E-state index in [1.54, 1.807) is 42.0 Å². The van der Waals surface area contributed by atoms with Gasteiger partial charge in [0.1, 0.15) is 11.5 Å². The van der Waals surface area contributed by atoms with E-state index in [-0.39, 0.29) is 11.8 Å². The minimum atomic E-state index is -0.645. The molecule has 160 valence electrons. The Morgan fingerprint density at radius 2 is 1.87 bits per heavy atom. The first-order valence-electron chi connectivity index (χ1n) is 9.99. The van der Waals surface area contributed by atoms with Crippen molar-refractivity contribution in [3.05, 3.63) is 58.6 Å². The molecule has 0 spiro atoms. The largest absolute Gasteiger partial charge is 0.497 e. The van der Waals surface area contributed by atoms with Crippen LogP contribution in [0, 0.1) is 6.92 Å². The van der Waals surface area contributed by atoms with E-state index in [1.165, 1.54) is 0 Å². The molecule has 1 saturated heterocycles. The number of carbonyl (C=O) groups excluding carboxylic acids is 2. The molecule has 0 bridgehead atoms. The smallest absolute Gasteiger partial charge is 0.263 e. The highest BCUT2D eigenvalue weighted by molar-refractivity contribution is 6.30. The fourth-order valence-corrected chi connectivity index (χ4v) is 3.68. The predicted octanol–water partition coefficient (Wildman–Crippen LogP) is 3.69. The highest BCUT2D eigenvalue weighted by Crippen LogP contribution is 2.23. The van der Waals surface area contributed by atoms with E-state index in [1.807, 2.05) is 31.2 Å². The van der Waals surface area contributed by atoms with Crippen molar-refractivity contribution in [2.24, 2.45) is 0 Å². The van der Waals surface area contributed by atoms with Crippen LogP contribution in [-0.4, -0.2) is 54.5 Å². The molecule has 1 aliphatic heterocycles. The average Bonchev–Trinajstić information content (AvgIpc) is 2.92. The van der Waals surface area contributed by atoms with Gasteiger partial charge in [-0.1, -0.05) is 23.7 Å². The summed E-state index contributed by atoms with van der Waals surface area (Å²) in [5.41, 5.74) is 1.90. The summed E-state index contributed by atoms with van der Waals surface area (Å²) in [6.07, 6.45) is -0.345. The van der Waals surface area contributed by atoms with Crippen LogP contribution in [0.25, 0.3) is 0 Å². The van der Waals surface area contributed by atoms with Gasteiger partial charge in [0.05, 0.1) is 7.11 Å². The second kappa shape index (κ2) is 9.85. The Morgan fingerprint density at radius 1 is 1.13 bits per heavy atom. The number of aryl methyl sites for hydroxylation is 1. The van der Waals surface area contributed by atoms with Crippen LogP contribution < -0.4 is 9.47 Å². The fourth-order valence-electron chi connectivity index (χ4n) is 3.45. The van der Waals surface area contributed by atoms with Crippen LogP contribution in [0.1, 0.15) is 24.5 Å². The van der Waals surface area contributed by atoms with Crippen molar-refractivity contribution in [2.45, 2.75) is 32.9 Å². The molecule has 0 radical (unpaired) electrons. The molecular formula is C23H27ClN2O4. The SMILES string of the molecule is COc1ccc(CN2CCN(C(=O)C(C)Oc3ccc(Cl)cc3C)CCC2=O)cc1. The molecule has 0 saturated carbocycles. The summed E-state index contributed by atoms with van der Waals surface area (Å²) in [5.74, 6) is 1.33. The summed E-state index contributed by atoms with van der Waals surface area (Å²) in [7, 11) is 1.62. The van der Waals surface area contributed by atoms with Crippen LogP contribution in [0.2, 0.25) is 5.02 Å². The third-order valence-corrected chi connectivity index (χ3v) is 5.46. The molecule has 2 aromatic carbocycles. The summed E-state index contributed by atoms with van der Waals surface area (Å²) in [6, 6.07) is 13.0. The third kappa shape index (κ3) is 5.45. The van der Waals surface area contributed by atoms with E-state index < -0.39 is 6.10 Å². The molecule has 0 aromatic heterocycles. The molecule has 3 rings (SSSR count). The predicted molar refractivity (Wildman–Crippen MR) is 116 cm³/mol. The minimum absolute atomic E-state index is 0.0447. The van der Waals surface area contributed by atoms with E-state index >= 15 is 0 Å². The zero-order valence-electron chi connectivity index (χ0n) is 17.6. The Kier molecular flexibility index (Phi) is 7.21. The Balaban J connectivity index is 1.59. The maximum Gasteiger partial charge on any atom is 0.263 e. The number of amides is 2. The lowest BCUT2D eigenvalue weighted by atomic mass is 10.2. The molecule has 1 fully saturated rings. The van der Waals surface area contributed by atoms with E-state index in [2.05, 4.69) is 0 Å². The molecule has 2 aromatic rings. The minimum Gasteiger partial charge on any atom is -0.497 e. The Hall–Kier alpha value is -2.73. The molecule has 7 heteroatoms. The van der Waals surface area contributed by atoms with Gasteiger partial charge in [0.15, 0.2) is 6.10 Å². The number of hydrogen-bond donors (Lipinski definition) is 0. The van der Waals surface area contributed by atoms with Crippen molar-refractivity contribution in [3.63, 3.8) is 0 Å². The van der Waals surface area contributed by atoms with Gasteiger partial charge in [0, 0.05) is 37.6 Å². The standard InChI is InChI=1S/C23H27ClN2O4/c1-16-14-19(24)6-9-21(16)30-17(2)23(28)25-11-10-22(27)26(13-12-25)15-18-4-7-20(29-3)8-5-18/h4-9,14,17H,10-13,15H2,1-3H3. The summed E-state index contributed by atoms with van der Waals surface area (Å²) in [5, 5.41) is 0.627. The molecule has 0 N–H and O–H groups in total. The monoisotopic (exact) mass is 430 g/mol. The molecule has 1 heterocycles. The van der Waals surface area contributed by atoms with Crippen LogP contribution in [0.5, 0.6) is 11.5 Å². The molecule has 2 amide bonds. The lowest BCUT2D eigenvalue weighted by Gasteiger charge is -2.25. The quantitative estimate of drug-likeness (QED) is 0.701. The van der Waals surface area contributed by atoms with Crippen LogP contribution >= 0.6 is 11.6 Å². The second-order valence-electron chi connectivity index (χ2n) is 7.41. The summed E-state index contributed by atoms with van der Waals surface area (Å²) < 4.78 is 11.0. The van der Waals surface area contributed by atoms with Crippen LogP contribution in [-0.2, 0) is 16.1 Å². The molecule has 30 heavy (non-hydrogen) atoms. The number of rotatable bonds is 6. The average molecular weight is 431 g/mol. The Bertz CT molecular complexity index is 901. The third-order valence-electron chi connectivity index (χ3n) is 5.22. The van der Waals surface area contributed by atoms with Crippen molar-refractivity contribution in [1.82, 2.24) is 9.80 Å². The topological polar surface area (TPSA) is 59.1 Å². The van der Waals surface area contributed by atoms with E-state index in [0.717, 1.165) is 16.9 Å². The van der Waals surface area contributed by atoms with Crippen LogP contribution in [0.3, 0.4) is 0 Å². The number of hydrogen-bond acceptors (Lipinski definition) is 4. The van der Waals surface area contributed by atoms with Gasteiger partial charge in [-0.2, -0.15) is 0 Å². The van der Waals surface area contributed by atoms with E-state index in [9.17, 15) is 9.59 Å². The number of halogens is 1. The highest BCUT2D eigenvalue weighted by atomic mass is 35.5. The van der Waals surface area contributed by atoms with Gasteiger partial charge in [-0.25, -0.2) is 0 Å². The Morgan fingerprint density at radius 3 is 2.53 bits per heavy atom. The van der Waals surface area contributed by atoms with Gasteiger partial charge < -0.3 is 19.3 Å². The molecule has 1 aliphatic rings. The first-order chi connectivity index (χ1) is 14.4. The summed E-state index contributed by atoms with van der Waals surface area (Å²) in [4.78, 5) is 29.0.